The second-order valence-electron chi connectivity index (χ2n) is 5.94. The molecule has 1 aliphatic rings. The molecule has 1 aliphatic heterocycles. The smallest absolute Gasteiger partial charge is 0.153 e. The molecule has 0 saturated carbocycles. The third kappa shape index (κ3) is 4.97. The number of nitrogens with zero attached hydrogens (tertiary/aromatic N) is 1. The maximum absolute atomic E-state index is 11.6. The summed E-state index contributed by atoms with van der Waals surface area (Å²) in [5.74, 6) is 1.12. The van der Waals surface area contributed by atoms with Gasteiger partial charge in [-0.05, 0) is 36.2 Å². The lowest BCUT2D eigenvalue weighted by atomic mass is 10.1. The summed E-state index contributed by atoms with van der Waals surface area (Å²) < 4.78 is 24.2. The number of halogens is 1. The highest BCUT2D eigenvalue weighted by Gasteiger charge is 2.23. The van der Waals surface area contributed by atoms with E-state index in [9.17, 15) is 8.42 Å². The molecule has 6 heteroatoms. The van der Waals surface area contributed by atoms with E-state index in [1.807, 2.05) is 6.07 Å². The van der Waals surface area contributed by atoms with Crippen molar-refractivity contribution in [3.05, 3.63) is 28.2 Å². The molecule has 0 atom stereocenters. The number of nitrogens with one attached hydrogen (secondary N) is 1. The van der Waals surface area contributed by atoms with Gasteiger partial charge in [-0.15, -0.1) is 0 Å². The van der Waals surface area contributed by atoms with Crippen LogP contribution in [0.5, 0.6) is 0 Å². The predicted molar refractivity (Wildman–Crippen MR) is 91.6 cm³/mol. The van der Waals surface area contributed by atoms with E-state index < -0.39 is 9.84 Å². The van der Waals surface area contributed by atoms with Crippen molar-refractivity contribution in [2.45, 2.75) is 20.4 Å². The van der Waals surface area contributed by atoms with Crippen LogP contribution in [0.1, 0.15) is 19.4 Å². The first-order chi connectivity index (χ1) is 9.87. The van der Waals surface area contributed by atoms with Crippen LogP contribution in [-0.4, -0.2) is 39.6 Å². The second-order valence-corrected chi connectivity index (χ2v) is 9.16. The molecule has 0 aromatic heterocycles. The first-order valence-corrected chi connectivity index (χ1v) is 9.93. The minimum Gasteiger partial charge on any atom is -0.369 e. The Labute approximate surface area is 136 Å². The van der Waals surface area contributed by atoms with Crippen molar-refractivity contribution in [2.24, 2.45) is 5.92 Å². The zero-order valence-corrected chi connectivity index (χ0v) is 15.0. The first kappa shape index (κ1) is 16.8. The topological polar surface area (TPSA) is 49.4 Å². The summed E-state index contributed by atoms with van der Waals surface area (Å²) in [6.07, 6.45) is 0. The van der Waals surface area contributed by atoms with Crippen LogP contribution in [0.25, 0.3) is 0 Å². The molecule has 1 saturated heterocycles. The van der Waals surface area contributed by atoms with Crippen LogP contribution in [0.2, 0.25) is 0 Å². The first-order valence-electron chi connectivity index (χ1n) is 7.32. The Morgan fingerprint density at radius 1 is 1.29 bits per heavy atom. The number of anilines is 1. The molecule has 0 unspecified atom stereocenters. The zero-order chi connectivity index (χ0) is 15.5. The molecule has 0 aliphatic carbocycles. The molecule has 1 N–H and O–H groups in total. The Morgan fingerprint density at radius 2 is 1.95 bits per heavy atom. The van der Waals surface area contributed by atoms with Crippen molar-refractivity contribution >= 4 is 31.5 Å². The summed E-state index contributed by atoms with van der Waals surface area (Å²) in [5, 5.41) is 3.46. The molecular weight excluding hydrogens is 352 g/mol. The van der Waals surface area contributed by atoms with Crippen molar-refractivity contribution in [3.63, 3.8) is 0 Å². The molecule has 1 fully saturated rings. The zero-order valence-electron chi connectivity index (χ0n) is 12.6. The van der Waals surface area contributed by atoms with Gasteiger partial charge in [0, 0.05) is 29.8 Å². The minimum absolute atomic E-state index is 0.252. The van der Waals surface area contributed by atoms with Crippen molar-refractivity contribution in [1.29, 1.82) is 0 Å². The van der Waals surface area contributed by atoms with Gasteiger partial charge in [-0.2, -0.15) is 0 Å². The largest absolute Gasteiger partial charge is 0.369 e. The van der Waals surface area contributed by atoms with Crippen molar-refractivity contribution in [1.82, 2.24) is 5.32 Å². The lowest BCUT2D eigenvalue weighted by molar-refractivity contribution is 0.551. The van der Waals surface area contributed by atoms with E-state index in [1.54, 1.807) is 0 Å². The molecule has 1 aromatic carbocycles. The average molecular weight is 375 g/mol. The van der Waals surface area contributed by atoms with E-state index in [-0.39, 0.29) is 11.5 Å². The maximum atomic E-state index is 11.6. The van der Waals surface area contributed by atoms with E-state index in [0.29, 0.717) is 19.0 Å². The fourth-order valence-corrected chi connectivity index (χ4v) is 4.06. The van der Waals surface area contributed by atoms with Crippen LogP contribution in [0.15, 0.2) is 22.7 Å². The molecule has 2 rings (SSSR count). The van der Waals surface area contributed by atoms with E-state index in [1.165, 1.54) is 5.56 Å². The molecule has 0 amide bonds. The van der Waals surface area contributed by atoms with Gasteiger partial charge in [0.2, 0.25) is 0 Å². The standard InChI is InChI=1S/C15H23BrN2O2S/c1-12(2)10-17-11-13-9-14(16)3-4-15(13)18-5-7-21(19,20)8-6-18/h3-4,9,12,17H,5-8,10-11H2,1-2H3. The van der Waals surface area contributed by atoms with Crippen molar-refractivity contribution in [3.8, 4) is 0 Å². The highest BCUT2D eigenvalue weighted by atomic mass is 79.9. The third-order valence-corrected chi connectivity index (χ3v) is 5.70. The van der Waals surface area contributed by atoms with E-state index in [0.717, 1.165) is 23.2 Å². The lowest BCUT2D eigenvalue weighted by Gasteiger charge is -2.30. The summed E-state index contributed by atoms with van der Waals surface area (Å²) in [4.78, 5) is 2.18. The van der Waals surface area contributed by atoms with Crippen molar-refractivity contribution < 1.29 is 8.42 Å². The molecule has 1 aromatic rings. The summed E-state index contributed by atoms with van der Waals surface area (Å²) in [6, 6.07) is 6.21. The van der Waals surface area contributed by atoms with E-state index >= 15 is 0 Å². The van der Waals surface area contributed by atoms with E-state index in [4.69, 9.17) is 0 Å². The van der Waals surface area contributed by atoms with Crippen LogP contribution in [0.3, 0.4) is 0 Å². The fourth-order valence-electron chi connectivity index (χ4n) is 2.45. The Morgan fingerprint density at radius 3 is 2.57 bits per heavy atom. The quantitative estimate of drug-likeness (QED) is 0.859. The van der Waals surface area contributed by atoms with Gasteiger partial charge in [-0.1, -0.05) is 29.8 Å². The second kappa shape index (κ2) is 7.11. The molecule has 21 heavy (non-hydrogen) atoms. The van der Waals surface area contributed by atoms with Gasteiger partial charge < -0.3 is 10.2 Å². The lowest BCUT2D eigenvalue weighted by Crippen LogP contribution is -2.41. The highest BCUT2D eigenvalue weighted by Crippen LogP contribution is 2.26. The van der Waals surface area contributed by atoms with Gasteiger partial charge in [-0.25, -0.2) is 8.42 Å². The number of rotatable bonds is 5. The molecule has 4 nitrogen and oxygen atoms in total. The molecule has 0 bridgehead atoms. The maximum Gasteiger partial charge on any atom is 0.153 e. The Balaban J connectivity index is 2.11. The molecular formula is C15H23BrN2O2S. The summed E-state index contributed by atoms with van der Waals surface area (Å²) in [5.41, 5.74) is 2.36. The summed E-state index contributed by atoms with van der Waals surface area (Å²) in [7, 11) is -2.84. The fraction of sp³-hybridized carbons (Fsp3) is 0.600. The molecule has 1 heterocycles. The predicted octanol–water partition coefficient (Wildman–Crippen LogP) is 2.43. The van der Waals surface area contributed by atoms with Crippen LogP contribution in [-0.2, 0) is 16.4 Å². The number of hydrogen-bond acceptors (Lipinski definition) is 4. The van der Waals surface area contributed by atoms with E-state index in [2.05, 4.69) is 52.1 Å². The number of sulfone groups is 1. The molecule has 118 valence electrons. The number of benzene rings is 1. The van der Waals surface area contributed by atoms with Gasteiger partial charge in [0.25, 0.3) is 0 Å². The van der Waals surface area contributed by atoms with Crippen LogP contribution >= 0.6 is 15.9 Å². The van der Waals surface area contributed by atoms with Gasteiger partial charge in [0.15, 0.2) is 9.84 Å². The van der Waals surface area contributed by atoms with Crippen LogP contribution < -0.4 is 10.2 Å². The third-order valence-electron chi connectivity index (χ3n) is 3.59. The Hall–Kier alpha value is -0.590. The monoisotopic (exact) mass is 374 g/mol. The number of hydrogen-bond donors (Lipinski definition) is 1. The van der Waals surface area contributed by atoms with Gasteiger partial charge in [0.05, 0.1) is 11.5 Å². The van der Waals surface area contributed by atoms with Gasteiger partial charge in [0.1, 0.15) is 0 Å². The highest BCUT2D eigenvalue weighted by molar-refractivity contribution is 9.10. The minimum atomic E-state index is -2.84. The molecule has 0 radical (unpaired) electrons. The van der Waals surface area contributed by atoms with Crippen LogP contribution in [0, 0.1) is 5.92 Å². The van der Waals surface area contributed by atoms with Gasteiger partial charge in [-0.3, -0.25) is 0 Å². The normalized spacial score (nSPS) is 18.2. The van der Waals surface area contributed by atoms with Crippen LogP contribution in [0.4, 0.5) is 5.69 Å². The molecule has 0 spiro atoms. The summed E-state index contributed by atoms with van der Waals surface area (Å²) in [6.45, 7) is 7.31. The van der Waals surface area contributed by atoms with Gasteiger partial charge >= 0.3 is 0 Å². The SMILES string of the molecule is CC(C)CNCc1cc(Br)ccc1N1CCS(=O)(=O)CC1. The Kier molecular flexibility index (Phi) is 5.68. The van der Waals surface area contributed by atoms with Crippen molar-refractivity contribution in [2.75, 3.05) is 36.0 Å². The summed E-state index contributed by atoms with van der Waals surface area (Å²) >= 11 is 3.52. The average Bonchev–Trinajstić information content (AvgIpc) is 2.39. The Bertz CT molecular complexity index is 573.